The lowest BCUT2D eigenvalue weighted by Crippen LogP contribution is -2.42. The molecule has 1 fully saturated rings. The molecular formula is C26H23N9O2. The van der Waals surface area contributed by atoms with Crippen molar-refractivity contribution in [3.63, 3.8) is 0 Å². The highest BCUT2D eigenvalue weighted by molar-refractivity contribution is 6.08. The van der Waals surface area contributed by atoms with Crippen molar-refractivity contribution in [3.05, 3.63) is 76.9 Å². The summed E-state index contributed by atoms with van der Waals surface area (Å²) in [6.07, 6.45) is 3.60. The smallest absolute Gasteiger partial charge is 0.329 e. The number of morpholine rings is 1. The zero-order valence-electron chi connectivity index (χ0n) is 20.2. The predicted molar refractivity (Wildman–Crippen MR) is 140 cm³/mol. The summed E-state index contributed by atoms with van der Waals surface area (Å²) in [6, 6.07) is 14.6. The first-order valence-electron chi connectivity index (χ1n) is 11.9. The van der Waals surface area contributed by atoms with Gasteiger partial charge in [-0.15, -0.1) is 0 Å². The van der Waals surface area contributed by atoms with Gasteiger partial charge in [0, 0.05) is 54.3 Å². The first kappa shape index (κ1) is 22.7. The Morgan fingerprint density at radius 1 is 1.05 bits per heavy atom. The fraction of sp³-hybridized carbons (Fsp3) is 0.231. The summed E-state index contributed by atoms with van der Waals surface area (Å²) in [5.74, 6) is 0.909. The van der Waals surface area contributed by atoms with E-state index in [0.29, 0.717) is 47.9 Å². The normalized spacial score (nSPS) is 15.5. The van der Waals surface area contributed by atoms with Gasteiger partial charge < -0.3 is 14.5 Å². The monoisotopic (exact) mass is 493 g/mol. The van der Waals surface area contributed by atoms with Gasteiger partial charge in [0.2, 0.25) is 0 Å². The van der Waals surface area contributed by atoms with Gasteiger partial charge in [0.25, 0.3) is 0 Å². The van der Waals surface area contributed by atoms with Crippen molar-refractivity contribution in [2.24, 2.45) is 5.11 Å². The summed E-state index contributed by atoms with van der Waals surface area (Å²) in [4.78, 5) is 36.0. The highest BCUT2D eigenvalue weighted by atomic mass is 16.5. The molecule has 5 heterocycles. The van der Waals surface area contributed by atoms with Gasteiger partial charge in [0.05, 0.1) is 42.3 Å². The second-order valence-corrected chi connectivity index (χ2v) is 8.88. The summed E-state index contributed by atoms with van der Waals surface area (Å²) in [5, 5.41) is 3.70. The molecule has 0 saturated carbocycles. The highest BCUT2D eigenvalue weighted by Crippen LogP contribution is 2.40. The zero-order chi connectivity index (χ0) is 25.4. The molecule has 184 valence electrons. The van der Waals surface area contributed by atoms with E-state index in [2.05, 4.69) is 24.9 Å². The Hall–Kier alpha value is -4.73. The minimum absolute atomic E-state index is 0.207. The van der Waals surface area contributed by atoms with Crippen molar-refractivity contribution in [2.45, 2.75) is 6.54 Å². The summed E-state index contributed by atoms with van der Waals surface area (Å²) in [7, 11) is 1.74. The van der Waals surface area contributed by atoms with Crippen LogP contribution in [0.3, 0.4) is 0 Å². The Bertz CT molecular complexity index is 1540. The molecule has 0 bridgehead atoms. The van der Waals surface area contributed by atoms with Crippen LogP contribution in [0.15, 0.2) is 66.0 Å². The number of hydrogen-bond donors (Lipinski definition) is 0. The number of hydrogen-bond acceptors (Lipinski definition) is 7. The van der Waals surface area contributed by atoms with E-state index in [1.54, 1.807) is 41.2 Å². The maximum Gasteiger partial charge on any atom is 0.329 e. The first-order chi connectivity index (χ1) is 18.1. The number of urea groups is 1. The lowest BCUT2D eigenvalue weighted by Gasteiger charge is -2.35. The first-order valence-corrected chi connectivity index (χ1v) is 11.9. The van der Waals surface area contributed by atoms with Crippen molar-refractivity contribution >= 4 is 39.9 Å². The molecule has 2 aliphatic heterocycles. The number of benzene rings is 1. The average Bonchev–Trinajstić information content (AvgIpc) is 2.94. The Labute approximate surface area is 212 Å². The van der Waals surface area contributed by atoms with E-state index in [-0.39, 0.29) is 6.03 Å². The Kier molecular flexibility index (Phi) is 5.76. The van der Waals surface area contributed by atoms with E-state index in [1.165, 1.54) is 0 Å². The van der Waals surface area contributed by atoms with Crippen LogP contribution < -0.4 is 9.80 Å². The molecule has 2 amide bonds. The van der Waals surface area contributed by atoms with Gasteiger partial charge in [0.1, 0.15) is 11.3 Å². The maximum absolute atomic E-state index is 13.4. The third-order valence-electron chi connectivity index (χ3n) is 6.54. The van der Waals surface area contributed by atoms with Crippen LogP contribution in [0.2, 0.25) is 0 Å². The van der Waals surface area contributed by atoms with Gasteiger partial charge in [-0.3, -0.25) is 9.88 Å². The van der Waals surface area contributed by atoms with Crippen molar-refractivity contribution in [1.29, 1.82) is 0 Å². The van der Waals surface area contributed by atoms with E-state index in [0.717, 1.165) is 35.7 Å². The molecule has 11 nitrogen and oxygen atoms in total. The molecule has 0 atom stereocenters. The number of anilines is 3. The number of amides is 2. The molecule has 1 saturated heterocycles. The van der Waals surface area contributed by atoms with Gasteiger partial charge in [-0.05, 0) is 41.9 Å². The Morgan fingerprint density at radius 3 is 2.70 bits per heavy atom. The molecule has 0 spiro atoms. The van der Waals surface area contributed by atoms with Crippen LogP contribution in [0.5, 0.6) is 0 Å². The number of carbonyl (C=O) groups is 1. The fourth-order valence-electron chi connectivity index (χ4n) is 4.71. The van der Waals surface area contributed by atoms with Crippen molar-refractivity contribution in [3.8, 4) is 11.3 Å². The Morgan fingerprint density at radius 2 is 1.92 bits per heavy atom. The number of azide groups is 1. The number of fused-ring (bicyclic) bond motifs is 3. The van der Waals surface area contributed by atoms with Crippen LogP contribution in [0, 0.1) is 0 Å². The third-order valence-corrected chi connectivity index (χ3v) is 6.54. The lowest BCUT2D eigenvalue weighted by atomic mass is 10.1. The van der Waals surface area contributed by atoms with Gasteiger partial charge in [0.15, 0.2) is 0 Å². The summed E-state index contributed by atoms with van der Waals surface area (Å²) in [5.41, 5.74) is 14.3. The standard InChI is InChI=1S/C26H23N9O2/c1-33-16-18-15-28-22-7-6-21(17-5-8-23(29-14-17)34-9-11-37-12-10-34)30-24(22)25(18)35(26(33)36)20-4-2-3-19(13-20)31-32-27/h2-8,13-15H,9-12,16H2,1H3. The van der Waals surface area contributed by atoms with Crippen LogP contribution >= 0.6 is 0 Å². The highest BCUT2D eigenvalue weighted by Gasteiger charge is 2.32. The predicted octanol–water partition coefficient (Wildman–Crippen LogP) is 5.17. The van der Waals surface area contributed by atoms with E-state index >= 15 is 0 Å². The maximum atomic E-state index is 13.4. The number of carbonyl (C=O) groups excluding carboxylic acids is 1. The SMILES string of the molecule is CN1Cc2cnc3ccc(-c4ccc(N5CCOCC5)nc4)nc3c2N(c2cccc(N=[N+]=[N-])c2)C1=O. The van der Waals surface area contributed by atoms with Gasteiger partial charge >= 0.3 is 6.03 Å². The molecule has 4 aromatic rings. The molecule has 0 radical (unpaired) electrons. The zero-order valence-corrected chi connectivity index (χ0v) is 20.2. The van der Waals surface area contributed by atoms with Gasteiger partial charge in [-0.2, -0.15) is 0 Å². The van der Waals surface area contributed by atoms with Gasteiger partial charge in [-0.1, -0.05) is 17.2 Å². The van der Waals surface area contributed by atoms with E-state index < -0.39 is 0 Å². The van der Waals surface area contributed by atoms with Crippen molar-refractivity contribution in [1.82, 2.24) is 19.9 Å². The number of aromatic nitrogens is 3. The molecule has 0 unspecified atom stereocenters. The van der Waals surface area contributed by atoms with E-state index in [4.69, 9.17) is 15.3 Å². The largest absolute Gasteiger partial charge is 0.378 e. The summed E-state index contributed by atoms with van der Waals surface area (Å²) < 4.78 is 5.44. The van der Waals surface area contributed by atoms with Crippen LogP contribution in [0.4, 0.5) is 27.7 Å². The number of rotatable bonds is 4. The minimum atomic E-state index is -0.207. The molecule has 6 rings (SSSR count). The molecule has 0 aliphatic carbocycles. The van der Waals surface area contributed by atoms with Crippen LogP contribution in [0.25, 0.3) is 32.7 Å². The van der Waals surface area contributed by atoms with E-state index in [1.807, 2.05) is 36.5 Å². The van der Waals surface area contributed by atoms with Crippen LogP contribution in [-0.2, 0) is 11.3 Å². The third kappa shape index (κ3) is 4.16. The minimum Gasteiger partial charge on any atom is -0.378 e. The average molecular weight is 494 g/mol. The quantitative estimate of drug-likeness (QED) is 0.219. The second-order valence-electron chi connectivity index (χ2n) is 8.88. The van der Waals surface area contributed by atoms with Crippen LogP contribution in [0.1, 0.15) is 5.56 Å². The number of nitrogens with zero attached hydrogens (tertiary/aromatic N) is 9. The summed E-state index contributed by atoms with van der Waals surface area (Å²) >= 11 is 0. The molecular weight excluding hydrogens is 470 g/mol. The van der Waals surface area contributed by atoms with Crippen molar-refractivity contribution < 1.29 is 9.53 Å². The number of pyridine rings is 3. The lowest BCUT2D eigenvalue weighted by molar-refractivity contribution is 0.122. The Balaban J connectivity index is 1.45. The molecule has 37 heavy (non-hydrogen) atoms. The molecule has 1 aromatic carbocycles. The van der Waals surface area contributed by atoms with Crippen LogP contribution in [-0.4, -0.2) is 59.2 Å². The summed E-state index contributed by atoms with van der Waals surface area (Å²) in [6.45, 7) is 3.44. The number of ether oxygens (including phenoxy) is 1. The molecule has 3 aromatic heterocycles. The molecule has 2 aliphatic rings. The molecule has 11 heteroatoms. The van der Waals surface area contributed by atoms with Gasteiger partial charge in [-0.25, -0.2) is 14.8 Å². The fourth-order valence-corrected chi connectivity index (χ4v) is 4.71. The van der Waals surface area contributed by atoms with E-state index in [9.17, 15) is 4.79 Å². The second kappa shape index (κ2) is 9.38. The van der Waals surface area contributed by atoms with Crippen molar-refractivity contribution in [2.75, 3.05) is 43.2 Å². The topological polar surface area (TPSA) is 123 Å². The molecule has 0 N–H and O–H groups in total.